The molecule has 0 saturated carbocycles. The molecule has 0 bridgehead atoms. The van der Waals surface area contributed by atoms with Gasteiger partial charge in [-0.05, 0) is 12.1 Å². The van der Waals surface area contributed by atoms with Crippen molar-refractivity contribution in [2.75, 3.05) is 26.6 Å². The fraction of sp³-hybridized carbons (Fsp3) is 0.263. The summed E-state index contributed by atoms with van der Waals surface area (Å²) in [4.78, 5) is 13.6. The number of benzene rings is 2. The Balaban J connectivity index is 1.72. The molecule has 1 aromatic heterocycles. The van der Waals surface area contributed by atoms with Crippen molar-refractivity contribution in [3.63, 3.8) is 0 Å². The molecule has 0 aliphatic rings. The van der Waals surface area contributed by atoms with E-state index in [1.807, 2.05) is 31.2 Å². The average Bonchev–Trinajstić information content (AvgIpc) is 3.15. The molecular weight excluding hydrogens is 362 g/mol. The standard InChI is InChI=1S/C19H21N5O4/c1-12-5-7-13(8-6-12)19-21-23-24(22-19)11-17(25)20-14-9-15(26-2)18(28-4)16(10-14)27-3/h5-10H,11H2,1-4H3,(H,20,25). The Bertz CT molecular complexity index is 944. The lowest BCUT2D eigenvalue weighted by Gasteiger charge is -2.14. The number of carbonyl (C=O) groups excluding carboxylic acids is 1. The van der Waals surface area contributed by atoms with Crippen LogP contribution in [0.2, 0.25) is 0 Å². The number of ether oxygens (including phenoxy) is 3. The molecule has 0 spiro atoms. The Morgan fingerprint density at radius 3 is 2.25 bits per heavy atom. The van der Waals surface area contributed by atoms with Crippen molar-refractivity contribution in [2.45, 2.75) is 13.5 Å². The van der Waals surface area contributed by atoms with Crippen LogP contribution in [-0.4, -0.2) is 47.4 Å². The smallest absolute Gasteiger partial charge is 0.248 e. The zero-order valence-electron chi connectivity index (χ0n) is 16.1. The van der Waals surface area contributed by atoms with E-state index in [2.05, 4.69) is 20.7 Å². The first-order valence-electron chi connectivity index (χ1n) is 8.48. The molecule has 1 amide bonds. The van der Waals surface area contributed by atoms with Crippen LogP contribution in [0.5, 0.6) is 17.2 Å². The summed E-state index contributed by atoms with van der Waals surface area (Å²) in [6, 6.07) is 11.0. The van der Waals surface area contributed by atoms with E-state index in [-0.39, 0.29) is 12.5 Å². The minimum atomic E-state index is -0.317. The number of methoxy groups -OCH3 is 3. The second-order valence-corrected chi connectivity index (χ2v) is 5.97. The van der Waals surface area contributed by atoms with Gasteiger partial charge in [0.1, 0.15) is 6.54 Å². The lowest BCUT2D eigenvalue weighted by atomic mass is 10.1. The van der Waals surface area contributed by atoms with Crippen molar-refractivity contribution in [1.82, 2.24) is 20.2 Å². The van der Waals surface area contributed by atoms with Crippen LogP contribution >= 0.6 is 0 Å². The van der Waals surface area contributed by atoms with Crippen LogP contribution in [0.25, 0.3) is 11.4 Å². The Labute approximate surface area is 162 Å². The van der Waals surface area contributed by atoms with Crippen molar-refractivity contribution in [3.05, 3.63) is 42.0 Å². The maximum absolute atomic E-state index is 12.4. The van der Waals surface area contributed by atoms with Crippen LogP contribution in [0.4, 0.5) is 5.69 Å². The van der Waals surface area contributed by atoms with E-state index < -0.39 is 0 Å². The monoisotopic (exact) mass is 383 g/mol. The van der Waals surface area contributed by atoms with E-state index in [9.17, 15) is 4.79 Å². The van der Waals surface area contributed by atoms with Crippen molar-refractivity contribution in [2.24, 2.45) is 0 Å². The Hall–Kier alpha value is -3.62. The summed E-state index contributed by atoms with van der Waals surface area (Å²) in [5, 5.41) is 15.0. The number of amides is 1. The third-order valence-corrected chi connectivity index (χ3v) is 4.00. The summed E-state index contributed by atoms with van der Waals surface area (Å²) in [6.07, 6.45) is 0. The van der Waals surface area contributed by atoms with E-state index in [4.69, 9.17) is 14.2 Å². The van der Waals surface area contributed by atoms with Gasteiger partial charge >= 0.3 is 0 Å². The number of hydrogen-bond donors (Lipinski definition) is 1. The maximum atomic E-state index is 12.4. The van der Waals surface area contributed by atoms with E-state index in [1.54, 1.807) is 12.1 Å². The van der Waals surface area contributed by atoms with Gasteiger partial charge < -0.3 is 19.5 Å². The fourth-order valence-corrected chi connectivity index (χ4v) is 2.61. The predicted octanol–water partition coefficient (Wildman–Crippen LogP) is 2.31. The summed E-state index contributed by atoms with van der Waals surface area (Å²) in [6.45, 7) is 1.91. The second kappa shape index (κ2) is 8.38. The number of aryl methyl sites for hydroxylation is 1. The van der Waals surface area contributed by atoms with E-state index in [0.717, 1.165) is 11.1 Å². The third kappa shape index (κ3) is 4.20. The Morgan fingerprint density at radius 2 is 1.68 bits per heavy atom. The number of hydrogen-bond acceptors (Lipinski definition) is 7. The van der Waals surface area contributed by atoms with Gasteiger partial charge in [-0.25, -0.2) is 0 Å². The first-order valence-corrected chi connectivity index (χ1v) is 8.48. The summed E-state index contributed by atoms with van der Waals surface area (Å²) in [7, 11) is 4.53. The van der Waals surface area contributed by atoms with Crippen LogP contribution in [0.3, 0.4) is 0 Å². The second-order valence-electron chi connectivity index (χ2n) is 5.97. The minimum absolute atomic E-state index is 0.0878. The van der Waals surface area contributed by atoms with Gasteiger partial charge in [-0.3, -0.25) is 4.79 Å². The molecule has 0 aliphatic carbocycles. The number of nitrogens with one attached hydrogen (secondary N) is 1. The molecule has 3 aromatic rings. The summed E-state index contributed by atoms with van der Waals surface area (Å²) in [5.41, 5.74) is 2.47. The molecular formula is C19H21N5O4. The van der Waals surface area contributed by atoms with Crippen LogP contribution < -0.4 is 19.5 Å². The molecule has 146 valence electrons. The van der Waals surface area contributed by atoms with Crippen molar-refractivity contribution < 1.29 is 19.0 Å². The summed E-state index contributed by atoms with van der Waals surface area (Å²) in [5.74, 6) is 1.47. The van der Waals surface area contributed by atoms with Gasteiger partial charge in [0.25, 0.3) is 0 Å². The largest absolute Gasteiger partial charge is 0.493 e. The fourth-order valence-electron chi connectivity index (χ4n) is 2.61. The molecule has 1 heterocycles. The number of anilines is 1. The first kappa shape index (κ1) is 19.2. The van der Waals surface area contributed by atoms with Gasteiger partial charge in [0.15, 0.2) is 11.5 Å². The molecule has 2 aromatic carbocycles. The summed E-state index contributed by atoms with van der Waals surface area (Å²) >= 11 is 0. The lowest BCUT2D eigenvalue weighted by molar-refractivity contribution is -0.117. The highest BCUT2D eigenvalue weighted by Crippen LogP contribution is 2.39. The van der Waals surface area contributed by atoms with Gasteiger partial charge in [0.2, 0.25) is 17.5 Å². The van der Waals surface area contributed by atoms with Gasteiger partial charge in [-0.15, -0.1) is 10.2 Å². The number of rotatable bonds is 7. The van der Waals surface area contributed by atoms with Gasteiger partial charge in [0, 0.05) is 23.4 Å². The van der Waals surface area contributed by atoms with Crippen molar-refractivity contribution in [1.29, 1.82) is 0 Å². The van der Waals surface area contributed by atoms with Crippen LogP contribution in [0, 0.1) is 6.92 Å². The highest BCUT2D eigenvalue weighted by atomic mass is 16.5. The van der Waals surface area contributed by atoms with Crippen LogP contribution in [0.15, 0.2) is 36.4 Å². The van der Waals surface area contributed by atoms with E-state index in [1.165, 1.54) is 26.1 Å². The zero-order chi connectivity index (χ0) is 20.1. The highest BCUT2D eigenvalue weighted by molar-refractivity contribution is 5.91. The Morgan fingerprint density at radius 1 is 1.04 bits per heavy atom. The maximum Gasteiger partial charge on any atom is 0.248 e. The lowest BCUT2D eigenvalue weighted by Crippen LogP contribution is -2.20. The number of nitrogens with zero attached hydrogens (tertiary/aromatic N) is 4. The van der Waals surface area contributed by atoms with Crippen molar-refractivity contribution in [3.8, 4) is 28.6 Å². The molecule has 1 N–H and O–H groups in total. The SMILES string of the molecule is COc1cc(NC(=O)Cn2nnc(-c3ccc(C)cc3)n2)cc(OC)c1OC. The van der Waals surface area contributed by atoms with Crippen LogP contribution in [0.1, 0.15) is 5.56 Å². The van der Waals surface area contributed by atoms with Crippen LogP contribution in [-0.2, 0) is 11.3 Å². The first-order chi connectivity index (χ1) is 13.5. The quantitative estimate of drug-likeness (QED) is 0.668. The minimum Gasteiger partial charge on any atom is -0.493 e. The number of tetrazole rings is 1. The van der Waals surface area contributed by atoms with Gasteiger partial charge in [-0.2, -0.15) is 4.80 Å². The Kier molecular flexibility index (Phi) is 5.73. The molecule has 0 saturated heterocycles. The van der Waals surface area contributed by atoms with Gasteiger partial charge in [-0.1, -0.05) is 29.8 Å². The normalized spacial score (nSPS) is 10.4. The molecule has 9 heteroatoms. The number of aromatic nitrogens is 4. The molecule has 3 rings (SSSR count). The molecule has 28 heavy (non-hydrogen) atoms. The predicted molar refractivity (Wildman–Crippen MR) is 103 cm³/mol. The molecule has 0 radical (unpaired) electrons. The van der Waals surface area contributed by atoms with Gasteiger partial charge in [0.05, 0.1) is 21.3 Å². The molecule has 0 fully saturated rings. The zero-order valence-corrected chi connectivity index (χ0v) is 16.1. The summed E-state index contributed by atoms with van der Waals surface area (Å²) < 4.78 is 15.8. The van der Waals surface area contributed by atoms with Crippen molar-refractivity contribution >= 4 is 11.6 Å². The number of carbonyl (C=O) groups is 1. The molecule has 0 aliphatic heterocycles. The van der Waals surface area contributed by atoms with E-state index >= 15 is 0 Å². The topological polar surface area (TPSA) is 100 Å². The molecule has 0 unspecified atom stereocenters. The molecule has 0 atom stereocenters. The average molecular weight is 383 g/mol. The third-order valence-electron chi connectivity index (χ3n) is 4.00. The highest BCUT2D eigenvalue weighted by Gasteiger charge is 2.15. The van der Waals surface area contributed by atoms with E-state index in [0.29, 0.717) is 28.8 Å². The molecule has 9 nitrogen and oxygen atoms in total.